The summed E-state index contributed by atoms with van der Waals surface area (Å²) in [6.45, 7) is 8.18. The summed E-state index contributed by atoms with van der Waals surface area (Å²) < 4.78 is 12.0. The maximum atomic E-state index is 11.1. The molecule has 0 unspecified atom stereocenters. The van der Waals surface area contributed by atoms with Crippen molar-refractivity contribution in [3.05, 3.63) is 0 Å². The van der Waals surface area contributed by atoms with E-state index in [1.54, 1.807) is 0 Å². The monoisotopic (exact) mass is 150 g/mol. The molecule has 0 bridgehead atoms. The molecule has 0 aliphatic heterocycles. The van der Waals surface area contributed by atoms with Gasteiger partial charge in [0, 0.05) is 0 Å². The maximum absolute atomic E-state index is 11.1. The fraction of sp³-hybridized carbons (Fsp3) is 1.00. The van der Waals surface area contributed by atoms with Gasteiger partial charge < -0.3 is 0 Å². The minimum absolute atomic E-state index is 0.454. The molecule has 0 rings (SSSR count). The molecule has 0 radical (unpaired) electrons. The van der Waals surface area contributed by atoms with E-state index in [1.165, 1.54) is 0 Å². The first kappa shape index (κ1) is 8.51. The van der Waals surface area contributed by atoms with Gasteiger partial charge in [-0.25, -0.2) is 0 Å². The van der Waals surface area contributed by atoms with Gasteiger partial charge in [0.1, 0.15) is 0 Å². The van der Waals surface area contributed by atoms with Crippen LogP contribution in [0.3, 0.4) is 0 Å². The molecule has 8 heavy (non-hydrogen) atoms. The topological polar surface area (TPSA) is 17.1 Å². The van der Waals surface area contributed by atoms with E-state index in [4.69, 9.17) is 0 Å². The summed E-state index contributed by atoms with van der Waals surface area (Å²) in [4.78, 5) is 0. The molecule has 0 saturated carbocycles. The third-order valence-corrected chi connectivity index (χ3v) is 4.69. The Morgan fingerprint density at radius 3 is 1.25 bits per heavy atom. The van der Waals surface area contributed by atoms with E-state index >= 15 is 0 Å². The standard InChI is InChI=1S/2C3H7.O.Ti/c2*1-3-2;;/h2*3H,1-2H3;;. The van der Waals surface area contributed by atoms with Crippen molar-refractivity contribution < 1.29 is 21.2 Å². The summed E-state index contributed by atoms with van der Waals surface area (Å²) in [6, 6.07) is 0. The Morgan fingerprint density at radius 2 is 1.25 bits per heavy atom. The van der Waals surface area contributed by atoms with E-state index in [0.29, 0.717) is 8.45 Å². The van der Waals surface area contributed by atoms with Gasteiger partial charge in [-0.2, -0.15) is 0 Å². The molecule has 0 aromatic rings. The summed E-state index contributed by atoms with van der Waals surface area (Å²) in [5.74, 6) is 0. The molecule has 0 amide bonds. The average Bonchev–Trinajstić information content (AvgIpc) is 1.64. The van der Waals surface area contributed by atoms with E-state index in [2.05, 4.69) is 0 Å². The Labute approximate surface area is 57.6 Å². The van der Waals surface area contributed by atoms with Gasteiger partial charge in [-0.1, -0.05) is 0 Å². The predicted octanol–water partition coefficient (Wildman–Crippen LogP) is 2.61. The normalized spacial score (nSPS) is 10.8. The predicted molar refractivity (Wildman–Crippen MR) is 30.9 cm³/mol. The summed E-state index contributed by atoms with van der Waals surface area (Å²) in [5.41, 5.74) is 0. The van der Waals surface area contributed by atoms with Crippen LogP contribution in [-0.2, 0) is 21.2 Å². The average molecular weight is 150 g/mol. The molecule has 2 heteroatoms. The Bertz CT molecular complexity index is 76.5. The Hall–Kier alpha value is 0.514. The first-order valence-electron chi connectivity index (χ1n) is 3.09. The first-order valence-corrected chi connectivity index (χ1v) is 5.53. The second kappa shape index (κ2) is 3.52. The van der Waals surface area contributed by atoms with Crippen molar-refractivity contribution in [1.29, 1.82) is 0 Å². The van der Waals surface area contributed by atoms with Gasteiger partial charge in [-0.3, -0.25) is 0 Å². The van der Waals surface area contributed by atoms with E-state index in [1.807, 2.05) is 27.7 Å². The minimum atomic E-state index is -1.84. The van der Waals surface area contributed by atoms with Crippen LogP contribution in [0, 0.1) is 0 Å². The second-order valence-electron chi connectivity index (χ2n) is 2.71. The van der Waals surface area contributed by atoms with Gasteiger partial charge in [0.2, 0.25) is 0 Å². The molecule has 0 fully saturated rings. The van der Waals surface area contributed by atoms with Crippen LogP contribution in [-0.4, -0.2) is 0 Å². The van der Waals surface area contributed by atoms with E-state index < -0.39 is 17.8 Å². The molecule has 1 nitrogen and oxygen atoms in total. The van der Waals surface area contributed by atoms with Crippen molar-refractivity contribution in [2.45, 2.75) is 36.1 Å². The number of hydrogen-bond donors (Lipinski definition) is 0. The number of hydrogen-bond acceptors (Lipinski definition) is 1. The van der Waals surface area contributed by atoms with Gasteiger partial charge in [0.15, 0.2) is 0 Å². The van der Waals surface area contributed by atoms with Gasteiger partial charge in [0.05, 0.1) is 0 Å². The third-order valence-electron chi connectivity index (χ3n) is 1.14. The molecule has 0 aromatic heterocycles. The van der Waals surface area contributed by atoms with Crippen molar-refractivity contribution in [3.63, 3.8) is 0 Å². The Kier molecular flexibility index (Phi) is 3.75. The zero-order valence-corrected chi connectivity index (χ0v) is 7.62. The molecule has 0 heterocycles. The Balaban J connectivity index is 3.65. The molecule has 0 saturated heterocycles. The molecule has 0 spiro atoms. The third kappa shape index (κ3) is 2.73. The van der Waals surface area contributed by atoms with Crippen molar-refractivity contribution in [3.8, 4) is 0 Å². The van der Waals surface area contributed by atoms with Crippen LogP contribution in [0.5, 0.6) is 0 Å². The van der Waals surface area contributed by atoms with Crippen LogP contribution in [0.1, 0.15) is 27.7 Å². The van der Waals surface area contributed by atoms with Crippen LogP contribution in [0.15, 0.2) is 0 Å². The molecular weight excluding hydrogens is 136 g/mol. The fourth-order valence-electron chi connectivity index (χ4n) is 0.667. The zero-order valence-electron chi connectivity index (χ0n) is 6.06. The van der Waals surface area contributed by atoms with Crippen LogP contribution < -0.4 is 0 Å². The van der Waals surface area contributed by atoms with E-state index in [9.17, 15) is 3.32 Å². The van der Waals surface area contributed by atoms with Gasteiger partial charge in [-0.15, -0.1) is 0 Å². The summed E-state index contributed by atoms with van der Waals surface area (Å²) in [7, 11) is 0. The van der Waals surface area contributed by atoms with Crippen molar-refractivity contribution in [2.24, 2.45) is 0 Å². The van der Waals surface area contributed by atoms with Gasteiger partial charge >= 0.3 is 57.3 Å². The number of rotatable bonds is 2. The quantitative estimate of drug-likeness (QED) is 0.553. The van der Waals surface area contributed by atoms with Crippen LogP contribution in [0.4, 0.5) is 0 Å². The van der Waals surface area contributed by atoms with Gasteiger partial charge in [0.25, 0.3) is 0 Å². The summed E-state index contributed by atoms with van der Waals surface area (Å²) >= 11 is -1.84. The molecule has 0 aromatic carbocycles. The molecule has 0 N–H and O–H groups in total. The van der Waals surface area contributed by atoms with E-state index in [-0.39, 0.29) is 0 Å². The fourth-order valence-corrected chi connectivity index (χ4v) is 2.75. The van der Waals surface area contributed by atoms with Crippen molar-refractivity contribution >= 4 is 0 Å². The summed E-state index contributed by atoms with van der Waals surface area (Å²) in [6.07, 6.45) is 0. The Morgan fingerprint density at radius 1 is 1.00 bits per heavy atom. The summed E-state index contributed by atoms with van der Waals surface area (Å²) in [5, 5.41) is 0. The molecule has 0 aliphatic rings. The van der Waals surface area contributed by atoms with E-state index in [0.717, 1.165) is 0 Å². The molecular formula is C6H14OTi. The van der Waals surface area contributed by atoms with Crippen LogP contribution in [0.2, 0.25) is 8.45 Å². The molecule has 0 atom stereocenters. The van der Waals surface area contributed by atoms with Crippen molar-refractivity contribution in [1.82, 2.24) is 0 Å². The first-order chi connectivity index (χ1) is 3.55. The van der Waals surface area contributed by atoms with Crippen LogP contribution in [0.25, 0.3) is 0 Å². The van der Waals surface area contributed by atoms with Crippen molar-refractivity contribution in [2.75, 3.05) is 0 Å². The second-order valence-corrected chi connectivity index (χ2v) is 7.57. The van der Waals surface area contributed by atoms with Gasteiger partial charge in [-0.05, 0) is 0 Å². The SMILES string of the molecule is C[CH](C)[Ti](=[O])[CH](C)C. The van der Waals surface area contributed by atoms with Crippen LogP contribution >= 0.6 is 0 Å². The zero-order chi connectivity index (χ0) is 6.73. The molecule has 48 valence electrons. The molecule has 0 aliphatic carbocycles.